The van der Waals surface area contributed by atoms with Gasteiger partial charge in [0.05, 0.1) is 4.92 Å². The lowest BCUT2D eigenvalue weighted by Crippen LogP contribution is -2.02. The Balaban J connectivity index is 3.17. The lowest BCUT2D eigenvalue weighted by molar-refractivity contribution is -0.383. The van der Waals surface area contributed by atoms with Gasteiger partial charge in [-0.2, -0.15) is 0 Å². The molecule has 2 rings (SSSR count). The van der Waals surface area contributed by atoms with Crippen molar-refractivity contribution in [1.82, 2.24) is 4.98 Å². The van der Waals surface area contributed by atoms with Gasteiger partial charge < -0.3 is 0 Å². The minimum atomic E-state index is -0.373. The lowest BCUT2D eigenvalue weighted by atomic mass is 9.93. The second kappa shape index (κ2) is 4.46. The van der Waals surface area contributed by atoms with Crippen molar-refractivity contribution in [1.29, 1.82) is 0 Å². The van der Waals surface area contributed by atoms with E-state index in [9.17, 15) is 10.1 Å². The van der Waals surface area contributed by atoms with E-state index in [4.69, 9.17) is 11.6 Å². The van der Waals surface area contributed by atoms with Gasteiger partial charge in [-0.3, -0.25) is 10.1 Å². The Kier molecular flexibility index (Phi) is 3.22. The van der Waals surface area contributed by atoms with E-state index < -0.39 is 0 Å². The number of fused-ring (bicyclic) bond motifs is 1. The van der Waals surface area contributed by atoms with Crippen LogP contribution in [0.1, 0.15) is 27.8 Å². The minimum absolute atomic E-state index is 0.0584. The number of aryl methyl sites for hydroxylation is 2. The molecule has 1 heterocycles. The molecule has 1 aromatic heterocycles. The van der Waals surface area contributed by atoms with Gasteiger partial charge in [-0.05, 0) is 56.9 Å². The summed E-state index contributed by atoms with van der Waals surface area (Å²) in [6.07, 6.45) is 0. The molecular weight excluding hydrogens is 264 g/mol. The van der Waals surface area contributed by atoms with Gasteiger partial charge in [-0.25, -0.2) is 4.98 Å². The molecule has 100 valence electrons. The Morgan fingerprint density at radius 3 is 2.00 bits per heavy atom. The summed E-state index contributed by atoms with van der Waals surface area (Å²) in [6, 6.07) is 0. The van der Waals surface area contributed by atoms with Crippen LogP contribution in [0.25, 0.3) is 10.9 Å². The topological polar surface area (TPSA) is 56.0 Å². The molecule has 4 nitrogen and oxygen atoms in total. The monoisotopic (exact) mass is 278 g/mol. The number of hydrogen-bond donors (Lipinski definition) is 0. The average Bonchev–Trinajstić information content (AvgIpc) is 2.33. The largest absolute Gasteiger partial charge is 0.298 e. The van der Waals surface area contributed by atoms with Crippen LogP contribution in [0, 0.1) is 44.7 Å². The van der Waals surface area contributed by atoms with E-state index in [1.807, 2.05) is 27.7 Å². The van der Waals surface area contributed by atoms with Crippen LogP contribution in [-0.4, -0.2) is 9.91 Å². The Bertz CT molecular complexity index is 715. The molecule has 0 bridgehead atoms. The van der Waals surface area contributed by atoms with E-state index in [0.717, 1.165) is 27.6 Å². The summed E-state index contributed by atoms with van der Waals surface area (Å²) in [5, 5.41) is 12.5. The first-order chi connectivity index (χ1) is 8.77. The van der Waals surface area contributed by atoms with Crippen molar-refractivity contribution in [2.45, 2.75) is 34.6 Å². The van der Waals surface area contributed by atoms with Crippen LogP contribution >= 0.6 is 11.6 Å². The zero-order chi connectivity index (χ0) is 14.5. The average molecular weight is 279 g/mol. The molecule has 0 saturated carbocycles. The number of aromatic nitrogens is 1. The number of benzene rings is 1. The van der Waals surface area contributed by atoms with Crippen LogP contribution in [0.5, 0.6) is 0 Å². The molecule has 0 N–H and O–H groups in total. The van der Waals surface area contributed by atoms with Gasteiger partial charge in [-0.15, -0.1) is 0 Å². The molecule has 0 amide bonds. The van der Waals surface area contributed by atoms with Crippen LogP contribution in [0.2, 0.25) is 5.15 Å². The van der Waals surface area contributed by atoms with Crippen molar-refractivity contribution in [2.75, 3.05) is 0 Å². The molecule has 0 radical (unpaired) electrons. The third-order valence-corrected chi connectivity index (χ3v) is 4.32. The molecule has 1 aromatic carbocycles. The van der Waals surface area contributed by atoms with Gasteiger partial charge in [0, 0.05) is 10.9 Å². The molecule has 0 aliphatic heterocycles. The van der Waals surface area contributed by atoms with E-state index in [0.29, 0.717) is 16.2 Å². The number of rotatable bonds is 1. The number of nitrogens with zero attached hydrogens (tertiary/aromatic N) is 2. The van der Waals surface area contributed by atoms with Crippen LogP contribution in [0.15, 0.2) is 0 Å². The van der Waals surface area contributed by atoms with E-state index in [1.165, 1.54) is 0 Å². The Morgan fingerprint density at radius 1 is 0.947 bits per heavy atom. The Hall–Kier alpha value is -1.68. The maximum absolute atomic E-state index is 11.3. The fraction of sp³-hybridized carbons (Fsp3) is 0.357. The summed E-state index contributed by atoms with van der Waals surface area (Å²) >= 11 is 6.08. The fourth-order valence-corrected chi connectivity index (χ4v) is 2.66. The maximum atomic E-state index is 11.3. The Labute approximate surface area is 116 Å². The number of hydrogen-bond acceptors (Lipinski definition) is 3. The van der Waals surface area contributed by atoms with Gasteiger partial charge in [0.15, 0.2) is 5.52 Å². The highest BCUT2D eigenvalue weighted by atomic mass is 35.5. The summed E-state index contributed by atoms with van der Waals surface area (Å²) in [4.78, 5) is 15.2. The second-order valence-electron chi connectivity index (χ2n) is 4.86. The number of nitro benzene ring substituents is 1. The first-order valence-electron chi connectivity index (χ1n) is 5.97. The second-order valence-corrected chi connectivity index (χ2v) is 5.21. The number of halogens is 1. The van der Waals surface area contributed by atoms with Crippen LogP contribution in [-0.2, 0) is 0 Å². The van der Waals surface area contributed by atoms with E-state index in [2.05, 4.69) is 4.98 Å². The smallest absolute Gasteiger partial charge is 0.258 e. The normalized spacial score (nSPS) is 11.1. The summed E-state index contributed by atoms with van der Waals surface area (Å²) in [6.45, 7) is 9.43. The molecule has 5 heteroatoms. The van der Waals surface area contributed by atoms with Gasteiger partial charge in [0.1, 0.15) is 5.15 Å². The van der Waals surface area contributed by atoms with Crippen LogP contribution < -0.4 is 0 Å². The predicted molar refractivity (Wildman–Crippen MR) is 77.1 cm³/mol. The Morgan fingerprint density at radius 2 is 1.47 bits per heavy atom. The molecule has 0 aliphatic rings. The molecule has 0 spiro atoms. The van der Waals surface area contributed by atoms with Crippen molar-refractivity contribution in [2.24, 2.45) is 0 Å². The molecule has 2 aromatic rings. The SMILES string of the molecule is Cc1c(C)c(C)c2c(C)c(C)c(Cl)nc2c1[N+](=O)[O-]. The summed E-state index contributed by atoms with van der Waals surface area (Å²) < 4.78 is 0. The van der Waals surface area contributed by atoms with Gasteiger partial charge in [0.25, 0.3) is 5.69 Å². The van der Waals surface area contributed by atoms with E-state index >= 15 is 0 Å². The highest BCUT2D eigenvalue weighted by Gasteiger charge is 2.24. The van der Waals surface area contributed by atoms with Crippen molar-refractivity contribution in [3.63, 3.8) is 0 Å². The fourth-order valence-electron chi connectivity index (χ4n) is 2.44. The summed E-state index contributed by atoms with van der Waals surface area (Å²) in [5.74, 6) is 0. The van der Waals surface area contributed by atoms with Crippen molar-refractivity contribution in [3.8, 4) is 0 Å². The molecule has 0 saturated heterocycles. The highest BCUT2D eigenvalue weighted by Crippen LogP contribution is 2.37. The minimum Gasteiger partial charge on any atom is -0.258 e. The summed E-state index contributed by atoms with van der Waals surface area (Å²) in [5.41, 5.74) is 4.89. The zero-order valence-corrected chi connectivity index (χ0v) is 12.3. The van der Waals surface area contributed by atoms with Crippen molar-refractivity contribution < 1.29 is 4.92 Å². The molecule has 0 unspecified atom stereocenters. The lowest BCUT2D eigenvalue weighted by Gasteiger charge is -2.14. The highest BCUT2D eigenvalue weighted by molar-refractivity contribution is 6.30. The molecule has 19 heavy (non-hydrogen) atoms. The van der Waals surface area contributed by atoms with Gasteiger partial charge in [0.2, 0.25) is 0 Å². The van der Waals surface area contributed by atoms with Crippen molar-refractivity contribution >= 4 is 28.2 Å². The number of nitro groups is 1. The van der Waals surface area contributed by atoms with Gasteiger partial charge >= 0.3 is 0 Å². The van der Waals surface area contributed by atoms with Gasteiger partial charge in [-0.1, -0.05) is 11.6 Å². The standard InChI is InChI=1S/C14H15ClN2O2/c1-6-7(2)11-8(3)10(5)14(15)16-12(11)13(9(6)4)17(18)19/h1-5H3. The molecular formula is C14H15ClN2O2. The first-order valence-corrected chi connectivity index (χ1v) is 6.35. The van der Waals surface area contributed by atoms with Crippen LogP contribution in [0.3, 0.4) is 0 Å². The third kappa shape index (κ3) is 1.87. The summed E-state index contributed by atoms with van der Waals surface area (Å²) in [7, 11) is 0. The van der Waals surface area contributed by atoms with E-state index in [-0.39, 0.29) is 10.6 Å². The van der Waals surface area contributed by atoms with Crippen molar-refractivity contribution in [3.05, 3.63) is 43.1 Å². The third-order valence-electron chi connectivity index (χ3n) is 3.96. The molecule has 0 aliphatic carbocycles. The molecule has 0 atom stereocenters. The van der Waals surface area contributed by atoms with Crippen LogP contribution in [0.4, 0.5) is 5.69 Å². The zero-order valence-electron chi connectivity index (χ0n) is 11.6. The molecule has 0 fully saturated rings. The quantitative estimate of drug-likeness (QED) is 0.443. The first kappa shape index (κ1) is 13.7. The van der Waals surface area contributed by atoms with E-state index in [1.54, 1.807) is 6.92 Å². The number of pyridine rings is 1. The predicted octanol–water partition coefficient (Wildman–Crippen LogP) is 4.34. The maximum Gasteiger partial charge on any atom is 0.298 e.